The van der Waals surface area contributed by atoms with Crippen molar-refractivity contribution < 1.29 is 8.42 Å². The van der Waals surface area contributed by atoms with E-state index in [4.69, 9.17) is 5.73 Å². The molecule has 0 heterocycles. The molecule has 0 saturated heterocycles. The summed E-state index contributed by atoms with van der Waals surface area (Å²) >= 11 is 3.30. The number of sulfonamides is 1. The standard InChI is InChI=1S/C11H17BrN2O2S.ClH/c1-8-7-10(12)3-4-11(8)17(15,16)14-6-5-9(2)13;/h3-4,7,9,14H,5-6,13H2,1-2H3;1H. The highest BCUT2D eigenvalue weighted by atomic mass is 79.9. The van der Waals surface area contributed by atoms with E-state index in [9.17, 15) is 8.42 Å². The quantitative estimate of drug-likeness (QED) is 0.848. The minimum Gasteiger partial charge on any atom is -0.328 e. The molecule has 18 heavy (non-hydrogen) atoms. The van der Waals surface area contributed by atoms with Crippen molar-refractivity contribution >= 4 is 38.4 Å². The van der Waals surface area contributed by atoms with E-state index in [1.54, 1.807) is 25.1 Å². The van der Waals surface area contributed by atoms with Gasteiger partial charge in [0.1, 0.15) is 0 Å². The molecule has 3 N–H and O–H groups in total. The van der Waals surface area contributed by atoms with Crippen LogP contribution in [0.1, 0.15) is 18.9 Å². The van der Waals surface area contributed by atoms with Crippen molar-refractivity contribution in [1.82, 2.24) is 4.72 Å². The molecular formula is C11H18BrClN2O2S. The van der Waals surface area contributed by atoms with Gasteiger partial charge in [-0.3, -0.25) is 0 Å². The van der Waals surface area contributed by atoms with Gasteiger partial charge in [0.05, 0.1) is 4.90 Å². The summed E-state index contributed by atoms with van der Waals surface area (Å²) in [4.78, 5) is 0.311. The predicted molar refractivity (Wildman–Crippen MR) is 79.6 cm³/mol. The maximum absolute atomic E-state index is 12.0. The van der Waals surface area contributed by atoms with Crippen LogP contribution in [0, 0.1) is 6.92 Å². The van der Waals surface area contributed by atoms with E-state index in [1.165, 1.54) is 0 Å². The van der Waals surface area contributed by atoms with Crippen LogP contribution >= 0.6 is 28.3 Å². The highest BCUT2D eigenvalue weighted by Crippen LogP contribution is 2.19. The van der Waals surface area contributed by atoms with Crippen molar-refractivity contribution in [1.29, 1.82) is 0 Å². The second kappa shape index (κ2) is 7.45. The molecule has 0 aromatic heterocycles. The van der Waals surface area contributed by atoms with Gasteiger partial charge >= 0.3 is 0 Å². The summed E-state index contributed by atoms with van der Waals surface area (Å²) in [5.41, 5.74) is 6.28. The van der Waals surface area contributed by atoms with Crippen molar-refractivity contribution in [3.05, 3.63) is 28.2 Å². The molecule has 0 aliphatic rings. The normalized spacial score (nSPS) is 12.9. The highest BCUT2D eigenvalue weighted by Gasteiger charge is 2.16. The maximum Gasteiger partial charge on any atom is 0.240 e. The number of nitrogens with one attached hydrogen (secondary N) is 1. The van der Waals surface area contributed by atoms with Gasteiger partial charge in [-0.2, -0.15) is 0 Å². The molecule has 1 aromatic carbocycles. The minimum absolute atomic E-state index is 0. The van der Waals surface area contributed by atoms with Crippen LogP contribution in [0.4, 0.5) is 0 Å². The third-order valence-electron chi connectivity index (χ3n) is 2.32. The fourth-order valence-corrected chi connectivity index (χ4v) is 3.16. The van der Waals surface area contributed by atoms with Crippen LogP contribution in [0.3, 0.4) is 0 Å². The zero-order valence-corrected chi connectivity index (χ0v) is 13.5. The Morgan fingerprint density at radius 1 is 1.44 bits per heavy atom. The molecule has 0 bridgehead atoms. The van der Waals surface area contributed by atoms with Crippen LogP contribution in [0.25, 0.3) is 0 Å². The first-order valence-corrected chi connectivity index (χ1v) is 7.62. The van der Waals surface area contributed by atoms with Gasteiger partial charge in [-0.25, -0.2) is 13.1 Å². The maximum atomic E-state index is 12.0. The Balaban J connectivity index is 0.00000289. The first kappa shape index (κ1) is 17.9. The molecule has 1 atom stereocenters. The van der Waals surface area contributed by atoms with Crippen molar-refractivity contribution in [3.8, 4) is 0 Å². The van der Waals surface area contributed by atoms with Crippen molar-refractivity contribution in [2.24, 2.45) is 5.73 Å². The molecule has 0 spiro atoms. The molecule has 0 saturated carbocycles. The van der Waals surface area contributed by atoms with E-state index in [0.29, 0.717) is 23.4 Å². The minimum atomic E-state index is -3.43. The summed E-state index contributed by atoms with van der Waals surface area (Å²) in [6.07, 6.45) is 0.620. The highest BCUT2D eigenvalue weighted by molar-refractivity contribution is 9.10. The van der Waals surface area contributed by atoms with E-state index in [1.807, 2.05) is 6.92 Å². The fourth-order valence-electron chi connectivity index (χ4n) is 1.41. The summed E-state index contributed by atoms with van der Waals surface area (Å²) in [7, 11) is -3.43. The van der Waals surface area contributed by atoms with E-state index in [2.05, 4.69) is 20.7 Å². The van der Waals surface area contributed by atoms with Crippen LogP contribution in [-0.4, -0.2) is 21.0 Å². The number of nitrogens with two attached hydrogens (primary N) is 1. The second-order valence-electron chi connectivity index (χ2n) is 4.07. The number of hydrogen-bond donors (Lipinski definition) is 2. The Labute approximate surface area is 123 Å². The van der Waals surface area contributed by atoms with Crippen LogP contribution in [0.5, 0.6) is 0 Å². The van der Waals surface area contributed by atoms with Crippen LogP contribution in [-0.2, 0) is 10.0 Å². The topological polar surface area (TPSA) is 72.2 Å². The van der Waals surface area contributed by atoms with Gasteiger partial charge in [-0.05, 0) is 44.0 Å². The van der Waals surface area contributed by atoms with Gasteiger partial charge < -0.3 is 5.73 Å². The van der Waals surface area contributed by atoms with E-state index >= 15 is 0 Å². The second-order valence-corrected chi connectivity index (χ2v) is 6.72. The zero-order chi connectivity index (χ0) is 13.1. The Kier molecular flexibility index (Phi) is 7.39. The monoisotopic (exact) mass is 356 g/mol. The lowest BCUT2D eigenvalue weighted by atomic mass is 10.2. The summed E-state index contributed by atoms with van der Waals surface area (Å²) in [6.45, 7) is 3.97. The molecular weight excluding hydrogens is 340 g/mol. The first-order chi connectivity index (χ1) is 7.83. The molecule has 104 valence electrons. The average molecular weight is 358 g/mol. The summed E-state index contributed by atoms with van der Waals surface area (Å²) < 4.78 is 27.4. The molecule has 1 aromatic rings. The lowest BCUT2D eigenvalue weighted by Crippen LogP contribution is -2.29. The molecule has 0 radical (unpaired) electrons. The molecule has 7 heteroatoms. The SMILES string of the molecule is Cc1cc(Br)ccc1S(=O)(=O)NCCC(C)N.Cl. The zero-order valence-electron chi connectivity index (χ0n) is 10.3. The summed E-state index contributed by atoms with van der Waals surface area (Å²) in [5, 5.41) is 0. The third-order valence-corrected chi connectivity index (χ3v) is 4.43. The Hall–Kier alpha value is -0.140. The van der Waals surface area contributed by atoms with E-state index in [-0.39, 0.29) is 18.4 Å². The molecule has 0 aliphatic heterocycles. The van der Waals surface area contributed by atoms with Crippen LogP contribution in [0.2, 0.25) is 0 Å². The van der Waals surface area contributed by atoms with E-state index < -0.39 is 10.0 Å². The average Bonchev–Trinajstić information content (AvgIpc) is 2.15. The van der Waals surface area contributed by atoms with Crippen molar-refractivity contribution in [3.63, 3.8) is 0 Å². The Morgan fingerprint density at radius 3 is 2.56 bits per heavy atom. The summed E-state index contributed by atoms with van der Waals surface area (Å²) in [5.74, 6) is 0. The van der Waals surface area contributed by atoms with Gasteiger partial charge in [0.25, 0.3) is 0 Å². The molecule has 1 unspecified atom stereocenters. The number of aryl methyl sites for hydroxylation is 1. The lowest BCUT2D eigenvalue weighted by molar-refractivity contribution is 0.571. The predicted octanol–water partition coefficient (Wildman–Crippen LogP) is 2.19. The smallest absolute Gasteiger partial charge is 0.240 e. The number of halogens is 2. The number of hydrogen-bond acceptors (Lipinski definition) is 3. The molecule has 0 aliphatic carbocycles. The lowest BCUT2D eigenvalue weighted by Gasteiger charge is -2.10. The molecule has 4 nitrogen and oxygen atoms in total. The van der Waals surface area contributed by atoms with Crippen molar-refractivity contribution in [2.75, 3.05) is 6.54 Å². The van der Waals surface area contributed by atoms with Gasteiger partial charge in [0.2, 0.25) is 10.0 Å². The van der Waals surface area contributed by atoms with Gasteiger partial charge in [-0.1, -0.05) is 15.9 Å². The number of rotatable bonds is 5. The summed E-state index contributed by atoms with van der Waals surface area (Å²) in [6, 6.07) is 5.07. The van der Waals surface area contributed by atoms with Crippen LogP contribution < -0.4 is 10.5 Å². The van der Waals surface area contributed by atoms with E-state index in [0.717, 1.165) is 4.47 Å². The first-order valence-electron chi connectivity index (χ1n) is 5.34. The Morgan fingerprint density at radius 2 is 2.06 bits per heavy atom. The molecule has 0 amide bonds. The largest absolute Gasteiger partial charge is 0.328 e. The van der Waals surface area contributed by atoms with Crippen LogP contribution in [0.15, 0.2) is 27.6 Å². The molecule has 0 fully saturated rings. The van der Waals surface area contributed by atoms with Crippen molar-refractivity contribution in [2.45, 2.75) is 31.2 Å². The van der Waals surface area contributed by atoms with Gasteiger partial charge in [0, 0.05) is 17.1 Å². The van der Waals surface area contributed by atoms with Gasteiger partial charge in [0.15, 0.2) is 0 Å². The fraction of sp³-hybridized carbons (Fsp3) is 0.455. The third kappa shape index (κ3) is 5.24. The number of benzene rings is 1. The molecule has 1 rings (SSSR count). The van der Waals surface area contributed by atoms with Gasteiger partial charge in [-0.15, -0.1) is 12.4 Å². The Bertz CT molecular complexity index is 492.